The third-order valence-electron chi connectivity index (χ3n) is 4.19. The fourth-order valence-corrected chi connectivity index (χ4v) is 2.73. The molecule has 2 rings (SSSR count). The van der Waals surface area contributed by atoms with Crippen molar-refractivity contribution in [2.45, 2.75) is 37.3 Å². The maximum absolute atomic E-state index is 14.1. The Morgan fingerprint density at radius 2 is 1.80 bits per heavy atom. The number of benzene rings is 1. The van der Waals surface area contributed by atoms with E-state index in [0.717, 1.165) is 19.3 Å². The number of halogens is 1. The third kappa shape index (κ3) is 2.74. The first kappa shape index (κ1) is 15.1. The van der Waals surface area contributed by atoms with E-state index in [0.29, 0.717) is 23.5 Å². The quantitative estimate of drug-likeness (QED) is 0.872. The average Bonchev–Trinajstić information content (AvgIpc) is 2.42. The van der Waals surface area contributed by atoms with Gasteiger partial charge in [-0.1, -0.05) is 0 Å². The molecule has 5 heteroatoms. The zero-order chi connectivity index (χ0) is 14.8. The fourth-order valence-electron chi connectivity index (χ4n) is 2.73. The maximum Gasteiger partial charge on any atom is 0.163 e. The lowest BCUT2D eigenvalue weighted by Crippen LogP contribution is -2.42. The summed E-state index contributed by atoms with van der Waals surface area (Å²) in [7, 11) is 4.69. The fraction of sp³-hybridized carbons (Fsp3) is 0.600. The first-order valence-electron chi connectivity index (χ1n) is 6.77. The zero-order valence-corrected chi connectivity index (χ0v) is 12.2. The molecule has 0 radical (unpaired) electrons. The van der Waals surface area contributed by atoms with E-state index in [-0.39, 0.29) is 11.4 Å². The topological polar surface area (TPSA) is 53.7 Å². The summed E-state index contributed by atoms with van der Waals surface area (Å²) >= 11 is 0. The van der Waals surface area contributed by atoms with Crippen LogP contribution in [-0.4, -0.2) is 26.9 Å². The Hall–Kier alpha value is -1.33. The van der Waals surface area contributed by atoms with Crippen LogP contribution in [0.15, 0.2) is 12.1 Å². The smallest absolute Gasteiger partial charge is 0.163 e. The minimum absolute atomic E-state index is 0.195. The molecule has 1 aliphatic rings. The minimum atomic E-state index is -0.421. The molecule has 112 valence electrons. The van der Waals surface area contributed by atoms with E-state index in [1.54, 1.807) is 13.2 Å². The van der Waals surface area contributed by atoms with Gasteiger partial charge in [0.05, 0.1) is 19.8 Å². The summed E-state index contributed by atoms with van der Waals surface area (Å²) in [5.74, 6) is 0.478. The number of ether oxygens (including phenoxy) is 3. The van der Waals surface area contributed by atoms with Gasteiger partial charge in [0.25, 0.3) is 0 Å². The van der Waals surface area contributed by atoms with Crippen LogP contribution >= 0.6 is 0 Å². The van der Waals surface area contributed by atoms with Crippen molar-refractivity contribution in [3.63, 3.8) is 0 Å². The van der Waals surface area contributed by atoms with Gasteiger partial charge in [0.15, 0.2) is 11.5 Å². The van der Waals surface area contributed by atoms with Crippen molar-refractivity contribution in [2.75, 3.05) is 21.3 Å². The SMILES string of the molecule is COc1cc(F)c(C(N)CC2(OC)CCC2)cc1OC. The highest BCUT2D eigenvalue weighted by Gasteiger charge is 2.39. The zero-order valence-electron chi connectivity index (χ0n) is 12.2. The van der Waals surface area contributed by atoms with Gasteiger partial charge < -0.3 is 19.9 Å². The summed E-state index contributed by atoms with van der Waals surface area (Å²) in [6.45, 7) is 0. The maximum atomic E-state index is 14.1. The Morgan fingerprint density at radius 1 is 1.20 bits per heavy atom. The lowest BCUT2D eigenvalue weighted by molar-refractivity contribution is -0.0818. The normalized spacial score (nSPS) is 18.2. The van der Waals surface area contributed by atoms with Crippen LogP contribution in [0.5, 0.6) is 11.5 Å². The van der Waals surface area contributed by atoms with Crippen molar-refractivity contribution < 1.29 is 18.6 Å². The molecular formula is C15H22FNO3. The van der Waals surface area contributed by atoms with Crippen LogP contribution < -0.4 is 15.2 Å². The molecule has 4 nitrogen and oxygen atoms in total. The van der Waals surface area contributed by atoms with Gasteiger partial charge >= 0.3 is 0 Å². The molecule has 2 N–H and O–H groups in total. The van der Waals surface area contributed by atoms with E-state index >= 15 is 0 Å². The minimum Gasteiger partial charge on any atom is -0.493 e. The van der Waals surface area contributed by atoms with Crippen molar-refractivity contribution in [1.82, 2.24) is 0 Å². The van der Waals surface area contributed by atoms with E-state index in [1.807, 2.05) is 0 Å². The largest absolute Gasteiger partial charge is 0.493 e. The van der Waals surface area contributed by atoms with Crippen LogP contribution in [-0.2, 0) is 4.74 Å². The van der Waals surface area contributed by atoms with Crippen LogP contribution in [0, 0.1) is 5.82 Å². The second-order valence-corrected chi connectivity index (χ2v) is 5.28. The number of hydrogen-bond donors (Lipinski definition) is 1. The first-order valence-corrected chi connectivity index (χ1v) is 6.77. The van der Waals surface area contributed by atoms with Crippen molar-refractivity contribution in [3.8, 4) is 11.5 Å². The summed E-state index contributed by atoms with van der Waals surface area (Å²) in [6.07, 6.45) is 3.70. The molecule has 0 bridgehead atoms. The highest BCUT2D eigenvalue weighted by molar-refractivity contribution is 5.44. The van der Waals surface area contributed by atoms with Crippen LogP contribution in [0.3, 0.4) is 0 Å². The Bertz CT molecular complexity index is 469. The van der Waals surface area contributed by atoms with E-state index in [2.05, 4.69) is 0 Å². The monoisotopic (exact) mass is 283 g/mol. The van der Waals surface area contributed by atoms with Gasteiger partial charge in [-0.25, -0.2) is 4.39 Å². The molecule has 1 unspecified atom stereocenters. The Balaban J connectivity index is 2.23. The molecule has 1 aliphatic carbocycles. The molecule has 1 aromatic rings. The highest BCUT2D eigenvalue weighted by atomic mass is 19.1. The molecule has 0 aromatic heterocycles. The average molecular weight is 283 g/mol. The van der Waals surface area contributed by atoms with Crippen LogP contribution in [0.4, 0.5) is 4.39 Å². The van der Waals surface area contributed by atoms with Gasteiger partial charge in [-0.2, -0.15) is 0 Å². The second kappa shape index (κ2) is 5.97. The Kier molecular flexibility index (Phi) is 4.50. The second-order valence-electron chi connectivity index (χ2n) is 5.28. The van der Waals surface area contributed by atoms with Crippen molar-refractivity contribution in [2.24, 2.45) is 5.73 Å². The summed E-state index contributed by atoms with van der Waals surface area (Å²) < 4.78 is 30.0. The molecule has 1 fully saturated rings. The molecule has 0 saturated heterocycles. The van der Waals surface area contributed by atoms with Crippen LogP contribution in [0.25, 0.3) is 0 Å². The molecule has 1 saturated carbocycles. The van der Waals surface area contributed by atoms with Gasteiger partial charge in [0.1, 0.15) is 5.82 Å². The van der Waals surface area contributed by atoms with Gasteiger partial charge in [0, 0.05) is 24.8 Å². The molecule has 1 atom stereocenters. The van der Waals surface area contributed by atoms with E-state index in [1.165, 1.54) is 20.3 Å². The predicted molar refractivity (Wildman–Crippen MR) is 74.6 cm³/mol. The third-order valence-corrected chi connectivity index (χ3v) is 4.19. The van der Waals surface area contributed by atoms with Crippen LogP contribution in [0.1, 0.15) is 37.3 Å². The van der Waals surface area contributed by atoms with Crippen molar-refractivity contribution in [3.05, 3.63) is 23.5 Å². The number of hydrogen-bond acceptors (Lipinski definition) is 4. The predicted octanol–water partition coefficient (Wildman–Crippen LogP) is 2.80. The van der Waals surface area contributed by atoms with Gasteiger partial charge in [0.2, 0.25) is 0 Å². The van der Waals surface area contributed by atoms with E-state index in [4.69, 9.17) is 19.9 Å². The highest BCUT2D eigenvalue weighted by Crippen LogP contribution is 2.42. The number of nitrogens with two attached hydrogens (primary N) is 1. The summed E-state index contributed by atoms with van der Waals surface area (Å²) in [6, 6.07) is 2.50. The summed E-state index contributed by atoms with van der Waals surface area (Å²) in [5, 5.41) is 0. The lowest BCUT2D eigenvalue weighted by Gasteiger charge is -2.42. The number of rotatable bonds is 6. The van der Waals surface area contributed by atoms with Crippen molar-refractivity contribution >= 4 is 0 Å². The van der Waals surface area contributed by atoms with Gasteiger partial charge in [-0.3, -0.25) is 0 Å². The van der Waals surface area contributed by atoms with E-state index < -0.39 is 6.04 Å². The molecular weight excluding hydrogens is 261 g/mol. The molecule has 0 aliphatic heterocycles. The Labute approximate surface area is 119 Å². The molecule has 1 aromatic carbocycles. The van der Waals surface area contributed by atoms with E-state index in [9.17, 15) is 4.39 Å². The molecule has 0 spiro atoms. The molecule has 20 heavy (non-hydrogen) atoms. The summed E-state index contributed by atoms with van der Waals surface area (Å²) in [4.78, 5) is 0. The Morgan fingerprint density at radius 3 is 2.25 bits per heavy atom. The van der Waals surface area contributed by atoms with Gasteiger partial charge in [-0.15, -0.1) is 0 Å². The lowest BCUT2D eigenvalue weighted by atomic mass is 9.75. The van der Waals surface area contributed by atoms with Gasteiger partial charge in [-0.05, 0) is 31.7 Å². The standard InChI is InChI=1S/C15H22FNO3/c1-18-13-7-10(11(16)8-14(13)19-2)12(17)9-15(20-3)5-4-6-15/h7-8,12H,4-6,9,17H2,1-3H3. The van der Waals surface area contributed by atoms with Crippen LogP contribution in [0.2, 0.25) is 0 Å². The summed E-state index contributed by atoms with van der Waals surface area (Å²) in [5.41, 5.74) is 6.41. The molecule has 0 amide bonds. The first-order chi connectivity index (χ1) is 9.55. The van der Waals surface area contributed by atoms with Crippen molar-refractivity contribution in [1.29, 1.82) is 0 Å². The number of methoxy groups -OCH3 is 3. The molecule has 0 heterocycles.